The van der Waals surface area contributed by atoms with Crippen molar-refractivity contribution in [3.05, 3.63) is 34.1 Å². The van der Waals surface area contributed by atoms with Crippen molar-refractivity contribution < 1.29 is 9.90 Å². The van der Waals surface area contributed by atoms with Crippen molar-refractivity contribution in [2.24, 2.45) is 0 Å². The number of rotatable bonds is 1. The van der Waals surface area contributed by atoms with E-state index in [1.165, 1.54) is 12.3 Å². The maximum absolute atomic E-state index is 10.5. The molecule has 3 nitrogen and oxygen atoms in total. The first kappa shape index (κ1) is 10.2. The number of aromatic nitrogens is 1. The van der Waals surface area contributed by atoms with Crippen LogP contribution >= 0.6 is 23.2 Å². The zero-order valence-corrected chi connectivity index (χ0v) is 8.88. The molecule has 0 amide bonds. The van der Waals surface area contributed by atoms with Gasteiger partial charge in [-0.05, 0) is 12.1 Å². The van der Waals surface area contributed by atoms with E-state index in [1.54, 1.807) is 6.07 Å². The molecule has 0 bridgehead atoms. The Bertz CT molecular complexity index is 555. The number of nitrogens with zero attached hydrogens (tertiary/aromatic N) is 1. The van der Waals surface area contributed by atoms with Crippen LogP contribution in [-0.4, -0.2) is 16.4 Å². The van der Waals surface area contributed by atoms with Crippen LogP contribution in [0.25, 0.3) is 10.8 Å². The number of fused-ring (bicyclic) bond motifs is 1. The molecule has 1 aromatic carbocycles. The zero-order chi connectivity index (χ0) is 11.0. The lowest BCUT2D eigenvalue weighted by Gasteiger charge is -2.04. The highest BCUT2D eigenvalue weighted by Gasteiger charge is 2.09. The van der Waals surface area contributed by atoms with Gasteiger partial charge >= 0.3 is 0 Å². The predicted octanol–water partition coefficient (Wildman–Crippen LogP) is 3.06. The average molecular weight is 242 g/mol. The SMILES string of the molecule is O=Cc1ncc2cc(Cl)c(Cl)cc2c1O. The highest BCUT2D eigenvalue weighted by molar-refractivity contribution is 6.42. The summed E-state index contributed by atoms with van der Waals surface area (Å²) in [6.45, 7) is 0. The second kappa shape index (κ2) is 3.68. The molecule has 1 N–H and O–H groups in total. The molecule has 0 aliphatic rings. The number of carbonyl (C=O) groups is 1. The minimum atomic E-state index is -0.180. The van der Waals surface area contributed by atoms with Gasteiger partial charge in [-0.3, -0.25) is 4.79 Å². The highest BCUT2D eigenvalue weighted by atomic mass is 35.5. The van der Waals surface area contributed by atoms with Gasteiger partial charge in [0.2, 0.25) is 0 Å². The molecule has 0 aliphatic carbocycles. The van der Waals surface area contributed by atoms with Gasteiger partial charge in [0.05, 0.1) is 10.0 Å². The molecular formula is C10H5Cl2NO2. The molecule has 1 aromatic heterocycles. The zero-order valence-electron chi connectivity index (χ0n) is 7.37. The van der Waals surface area contributed by atoms with Crippen molar-refractivity contribution in [1.29, 1.82) is 0 Å². The van der Waals surface area contributed by atoms with Gasteiger partial charge in [0.15, 0.2) is 12.0 Å². The molecule has 0 saturated carbocycles. The van der Waals surface area contributed by atoms with E-state index in [1.807, 2.05) is 0 Å². The molecule has 15 heavy (non-hydrogen) atoms. The van der Waals surface area contributed by atoms with E-state index in [2.05, 4.69) is 4.98 Å². The van der Waals surface area contributed by atoms with Crippen molar-refractivity contribution in [1.82, 2.24) is 4.98 Å². The first-order valence-corrected chi connectivity index (χ1v) is 4.81. The molecule has 0 unspecified atom stereocenters. The average Bonchev–Trinajstić information content (AvgIpc) is 2.22. The van der Waals surface area contributed by atoms with Crippen LogP contribution in [-0.2, 0) is 0 Å². The lowest BCUT2D eigenvalue weighted by Crippen LogP contribution is -1.88. The fraction of sp³-hybridized carbons (Fsp3) is 0. The third-order valence-corrected chi connectivity index (χ3v) is 2.77. The molecule has 0 spiro atoms. The Kier molecular flexibility index (Phi) is 2.50. The van der Waals surface area contributed by atoms with Gasteiger partial charge in [0.25, 0.3) is 0 Å². The predicted molar refractivity (Wildman–Crippen MR) is 58.8 cm³/mol. The van der Waals surface area contributed by atoms with E-state index in [9.17, 15) is 9.90 Å². The molecule has 2 rings (SSSR count). The second-order valence-corrected chi connectivity index (χ2v) is 3.78. The van der Waals surface area contributed by atoms with Crippen LogP contribution in [0.3, 0.4) is 0 Å². The van der Waals surface area contributed by atoms with Gasteiger partial charge in [-0.15, -0.1) is 0 Å². The van der Waals surface area contributed by atoms with Crippen LogP contribution < -0.4 is 0 Å². The van der Waals surface area contributed by atoms with E-state index in [0.717, 1.165) is 0 Å². The molecule has 5 heteroatoms. The van der Waals surface area contributed by atoms with Crippen LogP contribution in [0.4, 0.5) is 0 Å². The van der Waals surface area contributed by atoms with Gasteiger partial charge in [0, 0.05) is 17.0 Å². The molecule has 0 saturated heterocycles. The summed E-state index contributed by atoms with van der Waals surface area (Å²) in [5.74, 6) is -0.180. The van der Waals surface area contributed by atoms with E-state index in [4.69, 9.17) is 23.2 Å². The summed E-state index contributed by atoms with van der Waals surface area (Å²) < 4.78 is 0. The Morgan fingerprint density at radius 3 is 2.60 bits per heavy atom. The van der Waals surface area contributed by atoms with E-state index in [-0.39, 0.29) is 11.4 Å². The first-order valence-electron chi connectivity index (χ1n) is 4.05. The fourth-order valence-corrected chi connectivity index (χ4v) is 1.63. The Morgan fingerprint density at radius 2 is 1.93 bits per heavy atom. The molecular weight excluding hydrogens is 237 g/mol. The summed E-state index contributed by atoms with van der Waals surface area (Å²) in [5, 5.41) is 11.5. The van der Waals surface area contributed by atoms with Crippen molar-refractivity contribution in [2.75, 3.05) is 0 Å². The topological polar surface area (TPSA) is 50.2 Å². The molecule has 0 aliphatic heterocycles. The fourth-order valence-electron chi connectivity index (χ4n) is 1.30. The quantitative estimate of drug-likeness (QED) is 0.781. The first-order chi connectivity index (χ1) is 7.13. The largest absolute Gasteiger partial charge is 0.505 e. The van der Waals surface area contributed by atoms with Crippen LogP contribution in [0.2, 0.25) is 10.0 Å². The molecule has 0 radical (unpaired) electrons. The summed E-state index contributed by atoms with van der Waals surface area (Å²) in [6.07, 6.45) is 1.94. The molecule has 1 heterocycles. The second-order valence-electron chi connectivity index (χ2n) is 2.96. The minimum Gasteiger partial charge on any atom is -0.505 e. The standard InChI is InChI=1S/C10H5Cl2NO2/c11-7-1-5-3-13-9(4-14)10(15)6(5)2-8(7)12/h1-4,15H. The summed E-state index contributed by atoms with van der Waals surface area (Å²) in [5.41, 5.74) is -0.0131. The number of pyridine rings is 1. The maximum atomic E-state index is 10.5. The third kappa shape index (κ3) is 1.64. The van der Waals surface area contributed by atoms with E-state index in [0.29, 0.717) is 27.1 Å². The van der Waals surface area contributed by atoms with Crippen LogP contribution in [0.15, 0.2) is 18.3 Å². The highest BCUT2D eigenvalue weighted by Crippen LogP contribution is 2.32. The third-order valence-electron chi connectivity index (χ3n) is 2.04. The van der Waals surface area contributed by atoms with Crippen molar-refractivity contribution in [3.63, 3.8) is 0 Å². The van der Waals surface area contributed by atoms with Gasteiger partial charge in [-0.1, -0.05) is 23.2 Å². The number of aldehydes is 1. The number of benzene rings is 1. The maximum Gasteiger partial charge on any atom is 0.172 e. The van der Waals surface area contributed by atoms with Gasteiger partial charge in [-0.25, -0.2) is 4.98 Å². The van der Waals surface area contributed by atoms with E-state index < -0.39 is 0 Å². The Hall–Kier alpha value is -1.32. The van der Waals surface area contributed by atoms with Crippen LogP contribution in [0.5, 0.6) is 5.75 Å². The van der Waals surface area contributed by atoms with Crippen LogP contribution in [0.1, 0.15) is 10.5 Å². The monoisotopic (exact) mass is 241 g/mol. The molecule has 76 valence electrons. The Balaban J connectivity index is 2.87. The van der Waals surface area contributed by atoms with Gasteiger partial charge < -0.3 is 5.11 Å². The summed E-state index contributed by atoms with van der Waals surface area (Å²) >= 11 is 11.6. The lowest BCUT2D eigenvalue weighted by molar-refractivity contribution is 0.111. The summed E-state index contributed by atoms with van der Waals surface area (Å²) in [7, 11) is 0. The van der Waals surface area contributed by atoms with Gasteiger partial charge in [0.1, 0.15) is 5.69 Å². The number of hydrogen-bond donors (Lipinski definition) is 1. The van der Waals surface area contributed by atoms with Crippen molar-refractivity contribution in [3.8, 4) is 5.75 Å². The van der Waals surface area contributed by atoms with Crippen LogP contribution in [0, 0.1) is 0 Å². The number of aromatic hydroxyl groups is 1. The molecule has 0 fully saturated rings. The number of carbonyl (C=O) groups excluding carboxylic acids is 1. The van der Waals surface area contributed by atoms with Crippen molar-refractivity contribution in [2.45, 2.75) is 0 Å². The molecule has 0 atom stereocenters. The van der Waals surface area contributed by atoms with Crippen molar-refractivity contribution >= 4 is 40.3 Å². The van der Waals surface area contributed by atoms with E-state index >= 15 is 0 Å². The summed E-state index contributed by atoms with van der Waals surface area (Å²) in [4.78, 5) is 14.3. The Labute approximate surface area is 95.3 Å². The smallest absolute Gasteiger partial charge is 0.172 e. The summed E-state index contributed by atoms with van der Waals surface area (Å²) in [6, 6.07) is 3.09. The minimum absolute atomic E-state index is 0.0131. The normalized spacial score (nSPS) is 10.5. The number of hydrogen-bond acceptors (Lipinski definition) is 3. The molecule has 2 aromatic rings. The van der Waals surface area contributed by atoms with Gasteiger partial charge in [-0.2, -0.15) is 0 Å². The lowest BCUT2D eigenvalue weighted by atomic mass is 10.1. The number of halogens is 2. The Morgan fingerprint density at radius 1 is 1.27 bits per heavy atom.